The molecule has 0 spiro atoms. The van der Waals surface area contributed by atoms with Crippen molar-refractivity contribution >= 4 is 17.5 Å². The molecule has 24 heavy (non-hydrogen) atoms. The van der Waals surface area contributed by atoms with Gasteiger partial charge >= 0.3 is 0 Å². The normalized spacial score (nSPS) is 14.3. The fraction of sp³-hybridized carbons (Fsp3) is 0.368. The topological polar surface area (TPSA) is 46.9 Å². The maximum absolute atomic E-state index is 12.5. The summed E-state index contributed by atoms with van der Waals surface area (Å²) in [6, 6.07) is 5.88. The maximum atomic E-state index is 12.5. The third kappa shape index (κ3) is 3.54. The van der Waals surface area contributed by atoms with Gasteiger partial charge in [-0.15, -0.1) is 0 Å². The van der Waals surface area contributed by atoms with E-state index in [4.69, 9.17) is 11.6 Å². The molecule has 0 unspecified atom stereocenters. The van der Waals surface area contributed by atoms with Crippen LogP contribution < -0.4 is 5.32 Å². The average molecular weight is 344 g/mol. The Bertz CT molecular complexity index is 775. The third-order valence-corrected chi connectivity index (χ3v) is 4.65. The molecule has 1 aliphatic rings. The van der Waals surface area contributed by atoms with Gasteiger partial charge in [0.15, 0.2) is 0 Å². The van der Waals surface area contributed by atoms with Crippen LogP contribution in [0.4, 0.5) is 0 Å². The minimum Gasteiger partial charge on any atom is -0.352 e. The van der Waals surface area contributed by atoms with Gasteiger partial charge in [0.25, 0.3) is 5.91 Å². The molecule has 3 rings (SSSR count). The van der Waals surface area contributed by atoms with Crippen molar-refractivity contribution in [3.8, 4) is 5.69 Å². The largest absolute Gasteiger partial charge is 0.352 e. The first-order valence-corrected chi connectivity index (χ1v) is 8.73. The summed E-state index contributed by atoms with van der Waals surface area (Å²) in [6.45, 7) is 4.58. The van der Waals surface area contributed by atoms with E-state index >= 15 is 0 Å². The fourth-order valence-corrected chi connectivity index (χ4v) is 2.91. The van der Waals surface area contributed by atoms with Crippen molar-refractivity contribution in [2.75, 3.05) is 6.54 Å². The number of nitrogens with one attached hydrogen (secondary N) is 1. The Morgan fingerprint density at radius 2 is 2.25 bits per heavy atom. The van der Waals surface area contributed by atoms with Crippen LogP contribution in [0, 0.1) is 6.92 Å². The Labute approximate surface area is 147 Å². The monoisotopic (exact) mass is 343 g/mol. The highest BCUT2D eigenvalue weighted by Gasteiger charge is 2.32. The number of benzene rings is 1. The second kappa shape index (κ2) is 7.22. The van der Waals surface area contributed by atoms with Crippen molar-refractivity contribution < 1.29 is 4.79 Å². The van der Waals surface area contributed by atoms with Crippen LogP contribution in [0.3, 0.4) is 0 Å². The van der Waals surface area contributed by atoms with Crippen LogP contribution in [0.2, 0.25) is 5.02 Å². The molecule has 0 saturated heterocycles. The number of amides is 1. The maximum Gasteiger partial charge on any atom is 0.254 e. The van der Waals surface area contributed by atoms with E-state index in [-0.39, 0.29) is 5.91 Å². The van der Waals surface area contributed by atoms with Crippen molar-refractivity contribution in [1.82, 2.24) is 15.1 Å². The number of aryl methyl sites for hydroxylation is 1. The highest BCUT2D eigenvalue weighted by atomic mass is 35.5. The molecule has 1 saturated carbocycles. The van der Waals surface area contributed by atoms with Gasteiger partial charge in [-0.3, -0.25) is 4.79 Å². The van der Waals surface area contributed by atoms with E-state index in [9.17, 15) is 4.79 Å². The molecule has 2 aromatic rings. The Morgan fingerprint density at radius 1 is 1.46 bits per heavy atom. The van der Waals surface area contributed by atoms with E-state index in [0.29, 0.717) is 23.0 Å². The standard InChI is InChI=1S/C19H22ClN3O/c1-3-4-5-10-21-19(24)16-12-22-23(18(16)14-7-8-14)15-9-6-13(2)17(20)11-15/h3-4,6,9,11-12,14H,5,7-8,10H2,1-2H3,(H,21,24)/b4-3+. The molecule has 1 N–H and O–H groups in total. The molecule has 5 heteroatoms. The van der Waals surface area contributed by atoms with Gasteiger partial charge in [-0.05, 0) is 50.8 Å². The zero-order valence-electron chi connectivity index (χ0n) is 14.1. The van der Waals surface area contributed by atoms with Crippen molar-refractivity contribution in [3.63, 3.8) is 0 Å². The average Bonchev–Trinajstić information content (AvgIpc) is 3.32. The molecule has 1 aromatic carbocycles. The predicted molar refractivity (Wildman–Crippen MR) is 97.1 cm³/mol. The minimum atomic E-state index is -0.0501. The molecule has 1 aromatic heterocycles. The van der Waals surface area contributed by atoms with Crippen molar-refractivity contribution in [3.05, 3.63) is 58.4 Å². The predicted octanol–water partition coefficient (Wildman–Crippen LogP) is 4.41. The first kappa shape index (κ1) is 16.8. The van der Waals surface area contributed by atoms with Crippen molar-refractivity contribution in [1.29, 1.82) is 0 Å². The number of hydrogen-bond acceptors (Lipinski definition) is 2. The van der Waals surface area contributed by atoms with E-state index in [1.807, 2.05) is 48.9 Å². The van der Waals surface area contributed by atoms with Crippen molar-refractivity contribution in [2.24, 2.45) is 0 Å². The van der Waals surface area contributed by atoms with Gasteiger partial charge in [0.2, 0.25) is 0 Å². The lowest BCUT2D eigenvalue weighted by molar-refractivity contribution is 0.0953. The van der Waals surface area contributed by atoms with Crippen LogP contribution in [-0.4, -0.2) is 22.2 Å². The smallest absolute Gasteiger partial charge is 0.254 e. The molecule has 0 atom stereocenters. The molecular weight excluding hydrogens is 322 g/mol. The zero-order valence-corrected chi connectivity index (χ0v) is 14.8. The number of hydrogen-bond donors (Lipinski definition) is 1. The molecule has 1 fully saturated rings. The Morgan fingerprint density at radius 3 is 2.92 bits per heavy atom. The van der Waals surface area contributed by atoms with E-state index in [0.717, 1.165) is 36.2 Å². The summed E-state index contributed by atoms with van der Waals surface area (Å²) in [5.41, 5.74) is 3.61. The first-order valence-electron chi connectivity index (χ1n) is 8.35. The Balaban J connectivity index is 1.88. The third-order valence-electron chi connectivity index (χ3n) is 4.25. The van der Waals surface area contributed by atoms with Crippen LogP contribution in [0.1, 0.15) is 53.7 Å². The highest BCUT2D eigenvalue weighted by molar-refractivity contribution is 6.31. The van der Waals surface area contributed by atoms with Crippen LogP contribution in [0.25, 0.3) is 5.69 Å². The lowest BCUT2D eigenvalue weighted by atomic mass is 10.1. The Hall–Kier alpha value is -2.07. The van der Waals surface area contributed by atoms with Gasteiger partial charge in [0.1, 0.15) is 0 Å². The number of aromatic nitrogens is 2. The zero-order chi connectivity index (χ0) is 17.1. The minimum absolute atomic E-state index is 0.0501. The number of allylic oxidation sites excluding steroid dienone is 1. The molecule has 1 heterocycles. The lowest BCUT2D eigenvalue weighted by Gasteiger charge is -2.10. The van der Waals surface area contributed by atoms with E-state index in [1.165, 1.54) is 0 Å². The van der Waals surface area contributed by atoms with Gasteiger partial charge in [0.05, 0.1) is 23.1 Å². The van der Waals surface area contributed by atoms with Crippen LogP contribution in [-0.2, 0) is 0 Å². The number of carbonyl (C=O) groups is 1. The second-order valence-corrected chi connectivity index (χ2v) is 6.58. The Kier molecular flexibility index (Phi) is 5.05. The molecule has 0 aliphatic heterocycles. The van der Waals surface area contributed by atoms with Gasteiger partial charge < -0.3 is 5.32 Å². The van der Waals surface area contributed by atoms with Crippen LogP contribution in [0.5, 0.6) is 0 Å². The number of carbonyl (C=O) groups excluding carboxylic acids is 1. The molecule has 0 bridgehead atoms. The molecule has 126 valence electrons. The van der Waals surface area contributed by atoms with Crippen molar-refractivity contribution in [2.45, 2.75) is 39.0 Å². The first-order chi connectivity index (χ1) is 11.6. The van der Waals surface area contributed by atoms with E-state index in [2.05, 4.69) is 10.4 Å². The molecular formula is C19H22ClN3O. The van der Waals surface area contributed by atoms with Gasteiger partial charge in [-0.25, -0.2) is 4.68 Å². The van der Waals surface area contributed by atoms with Crippen LogP contribution >= 0.6 is 11.6 Å². The summed E-state index contributed by atoms with van der Waals surface area (Å²) >= 11 is 6.25. The summed E-state index contributed by atoms with van der Waals surface area (Å²) < 4.78 is 1.86. The summed E-state index contributed by atoms with van der Waals surface area (Å²) in [5, 5.41) is 8.15. The van der Waals surface area contributed by atoms with Crippen LogP contribution in [0.15, 0.2) is 36.5 Å². The number of halogens is 1. The van der Waals surface area contributed by atoms with Gasteiger partial charge in [-0.2, -0.15) is 5.10 Å². The molecule has 1 aliphatic carbocycles. The summed E-state index contributed by atoms with van der Waals surface area (Å²) in [5.74, 6) is 0.356. The summed E-state index contributed by atoms with van der Waals surface area (Å²) in [7, 11) is 0. The summed E-state index contributed by atoms with van der Waals surface area (Å²) in [6.07, 6.45) is 8.74. The van der Waals surface area contributed by atoms with E-state index in [1.54, 1.807) is 6.20 Å². The molecule has 0 radical (unpaired) electrons. The molecule has 4 nitrogen and oxygen atoms in total. The van der Waals surface area contributed by atoms with E-state index < -0.39 is 0 Å². The SMILES string of the molecule is C/C=C/CCNC(=O)c1cnn(-c2ccc(C)c(Cl)c2)c1C1CC1. The summed E-state index contributed by atoms with van der Waals surface area (Å²) in [4.78, 5) is 12.5. The molecule has 1 amide bonds. The quantitative estimate of drug-likeness (QED) is 0.624. The lowest BCUT2D eigenvalue weighted by Crippen LogP contribution is -2.25. The number of nitrogens with zero attached hydrogens (tertiary/aromatic N) is 2. The van der Waals surface area contributed by atoms with Gasteiger partial charge in [0, 0.05) is 17.5 Å². The fourth-order valence-electron chi connectivity index (χ4n) is 2.73. The second-order valence-electron chi connectivity index (χ2n) is 6.18. The number of rotatable bonds is 6. The van der Waals surface area contributed by atoms with Gasteiger partial charge in [-0.1, -0.05) is 29.8 Å². The highest BCUT2D eigenvalue weighted by Crippen LogP contribution is 2.42.